The van der Waals surface area contributed by atoms with Crippen molar-refractivity contribution >= 4 is 11.6 Å². The van der Waals surface area contributed by atoms with E-state index in [0.29, 0.717) is 6.54 Å². The summed E-state index contributed by atoms with van der Waals surface area (Å²) < 4.78 is 6.25. The van der Waals surface area contributed by atoms with Gasteiger partial charge in [-0.1, -0.05) is 0 Å². The van der Waals surface area contributed by atoms with E-state index in [9.17, 15) is 4.79 Å². The molecule has 0 bridgehead atoms. The SMILES string of the molecule is O=C1CNCC2OC3(CCN(c4ccncc4)CC3)CN12. The van der Waals surface area contributed by atoms with Crippen LogP contribution >= 0.6 is 0 Å². The third kappa shape index (κ3) is 2.28. The standard InChI is InChI=1S/C15H20N4O2/c20-13-9-17-10-14-19(13)11-15(21-14)3-7-18(8-4-15)12-1-5-16-6-2-12/h1-2,5-6,14,17H,3-4,7-11H2. The zero-order valence-electron chi connectivity index (χ0n) is 12.0. The number of anilines is 1. The summed E-state index contributed by atoms with van der Waals surface area (Å²) in [5.41, 5.74) is 1.07. The fraction of sp³-hybridized carbons (Fsp3) is 0.600. The molecule has 1 aromatic heterocycles. The molecule has 0 saturated carbocycles. The second kappa shape index (κ2) is 4.96. The van der Waals surface area contributed by atoms with Crippen LogP contribution in [0.5, 0.6) is 0 Å². The number of rotatable bonds is 1. The molecule has 0 aromatic carbocycles. The van der Waals surface area contributed by atoms with Crippen LogP contribution in [-0.4, -0.2) is 60.3 Å². The van der Waals surface area contributed by atoms with Crippen molar-refractivity contribution in [2.75, 3.05) is 37.6 Å². The summed E-state index contributed by atoms with van der Waals surface area (Å²) in [4.78, 5) is 20.3. The third-order valence-electron chi connectivity index (χ3n) is 4.81. The molecule has 1 unspecified atom stereocenters. The topological polar surface area (TPSA) is 57.7 Å². The fourth-order valence-corrected chi connectivity index (χ4v) is 3.61. The Morgan fingerprint density at radius 2 is 2.05 bits per heavy atom. The van der Waals surface area contributed by atoms with Gasteiger partial charge in [-0.3, -0.25) is 9.78 Å². The van der Waals surface area contributed by atoms with Crippen LogP contribution in [0, 0.1) is 0 Å². The minimum atomic E-state index is -0.143. The number of hydrogen-bond donors (Lipinski definition) is 1. The van der Waals surface area contributed by atoms with Crippen molar-refractivity contribution in [2.24, 2.45) is 0 Å². The highest BCUT2D eigenvalue weighted by molar-refractivity contribution is 5.79. The van der Waals surface area contributed by atoms with E-state index in [1.54, 1.807) is 0 Å². The maximum atomic E-state index is 12.0. The van der Waals surface area contributed by atoms with Gasteiger partial charge in [0.25, 0.3) is 0 Å². The predicted molar refractivity (Wildman–Crippen MR) is 77.9 cm³/mol. The first-order valence-corrected chi connectivity index (χ1v) is 7.59. The molecule has 4 rings (SSSR count). The van der Waals surface area contributed by atoms with Gasteiger partial charge < -0.3 is 19.9 Å². The number of amides is 1. The minimum Gasteiger partial charge on any atom is -0.371 e. The summed E-state index contributed by atoms with van der Waals surface area (Å²) in [6, 6.07) is 4.09. The molecule has 3 aliphatic rings. The van der Waals surface area contributed by atoms with Crippen molar-refractivity contribution in [3.63, 3.8) is 0 Å². The van der Waals surface area contributed by atoms with Gasteiger partial charge in [0.1, 0.15) is 6.23 Å². The van der Waals surface area contributed by atoms with Crippen LogP contribution in [0.1, 0.15) is 12.8 Å². The van der Waals surface area contributed by atoms with Crippen molar-refractivity contribution in [3.8, 4) is 0 Å². The van der Waals surface area contributed by atoms with Crippen molar-refractivity contribution in [1.29, 1.82) is 0 Å². The largest absolute Gasteiger partial charge is 0.371 e. The number of ether oxygens (including phenoxy) is 1. The average Bonchev–Trinajstić information content (AvgIpc) is 2.88. The third-order valence-corrected chi connectivity index (χ3v) is 4.81. The number of piperazine rings is 1. The molecule has 6 nitrogen and oxygen atoms in total. The lowest BCUT2D eigenvalue weighted by Gasteiger charge is -2.39. The van der Waals surface area contributed by atoms with E-state index in [2.05, 4.69) is 15.2 Å². The quantitative estimate of drug-likeness (QED) is 0.800. The average molecular weight is 288 g/mol. The number of carbonyl (C=O) groups is 1. The molecular weight excluding hydrogens is 268 g/mol. The van der Waals surface area contributed by atoms with Gasteiger partial charge in [-0.15, -0.1) is 0 Å². The van der Waals surface area contributed by atoms with Gasteiger partial charge in [0.05, 0.1) is 18.7 Å². The molecule has 1 spiro atoms. The fourth-order valence-electron chi connectivity index (χ4n) is 3.61. The molecule has 3 saturated heterocycles. The van der Waals surface area contributed by atoms with Crippen LogP contribution in [0.25, 0.3) is 0 Å². The number of fused-ring (bicyclic) bond motifs is 1. The van der Waals surface area contributed by atoms with Gasteiger partial charge in [-0.05, 0) is 25.0 Å². The van der Waals surface area contributed by atoms with Crippen molar-refractivity contribution in [1.82, 2.24) is 15.2 Å². The van der Waals surface area contributed by atoms with Crippen LogP contribution in [0.15, 0.2) is 24.5 Å². The summed E-state index contributed by atoms with van der Waals surface area (Å²) in [7, 11) is 0. The molecule has 1 N–H and O–H groups in total. The Kier molecular flexibility index (Phi) is 3.08. The number of piperidine rings is 1. The van der Waals surface area contributed by atoms with Crippen LogP contribution in [0.3, 0.4) is 0 Å². The lowest BCUT2D eigenvalue weighted by atomic mass is 9.91. The van der Waals surface area contributed by atoms with Crippen molar-refractivity contribution in [2.45, 2.75) is 24.7 Å². The van der Waals surface area contributed by atoms with E-state index < -0.39 is 0 Å². The zero-order chi connectivity index (χ0) is 14.3. The predicted octanol–water partition coefficient (Wildman–Crippen LogP) is 0.209. The first-order chi connectivity index (χ1) is 10.3. The first-order valence-electron chi connectivity index (χ1n) is 7.59. The molecule has 3 aliphatic heterocycles. The molecule has 4 heterocycles. The molecule has 0 aliphatic carbocycles. The smallest absolute Gasteiger partial charge is 0.238 e. The molecule has 3 fully saturated rings. The molecule has 21 heavy (non-hydrogen) atoms. The second-order valence-electron chi connectivity index (χ2n) is 6.10. The minimum absolute atomic E-state index is 0.0706. The molecule has 1 aromatic rings. The number of aromatic nitrogens is 1. The lowest BCUT2D eigenvalue weighted by Crippen LogP contribution is -2.52. The first kappa shape index (κ1) is 13.0. The van der Waals surface area contributed by atoms with Crippen molar-refractivity contribution < 1.29 is 9.53 Å². The Bertz CT molecular complexity index is 528. The Morgan fingerprint density at radius 1 is 1.29 bits per heavy atom. The van der Waals surface area contributed by atoms with E-state index in [-0.39, 0.29) is 17.7 Å². The zero-order valence-corrected chi connectivity index (χ0v) is 12.0. The van der Waals surface area contributed by atoms with Crippen LogP contribution in [0.4, 0.5) is 5.69 Å². The highest BCUT2D eigenvalue weighted by atomic mass is 16.5. The molecule has 1 atom stereocenters. The van der Waals surface area contributed by atoms with Gasteiger partial charge in [-0.2, -0.15) is 0 Å². The van der Waals surface area contributed by atoms with Gasteiger partial charge in [0, 0.05) is 37.7 Å². The molecular formula is C15H20N4O2. The normalized spacial score (nSPS) is 28.0. The molecule has 112 valence electrons. The highest BCUT2D eigenvalue weighted by Crippen LogP contribution is 2.36. The van der Waals surface area contributed by atoms with E-state index in [1.807, 2.05) is 29.4 Å². The molecule has 6 heteroatoms. The molecule has 0 radical (unpaired) electrons. The molecule has 1 amide bonds. The number of nitrogens with one attached hydrogen (secondary N) is 1. The van der Waals surface area contributed by atoms with Gasteiger partial charge in [-0.25, -0.2) is 0 Å². The Morgan fingerprint density at radius 3 is 2.76 bits per heavy atom. The second-order valence-corrected chi connectivity index (χ2v) is 6.10. The summed E-state index contributed by atoms with van der Waals surface area (Å²) in [5, 5.41) is 3.13. The summed E-state index contributed by atoms with van der Waals surface area (Å²) in [5.74, 6) is 0.166. The van der Waals surface area contributed by atoms with Crippen molar-refractivity contribution in [3.05, 3.63) is 24.5 Å². The number of pyridine rings is 1. The number of nitrogens with zero attached hydrogens (tertiary/aromatic N) is 3. The van der Waals surface area contributed by atoms with E-state index >= 15 is 0 Å². The summed E-state index contributed by atoms with van der Waals surface area (Å²) in [6.07, 6.45) is 5.52. The van der Waals surface area contributed by atoms with Crippen LogP contribution in [0.2, 0.25) is 0 Å². The van der Waals surface area contributed by atoms with Gasteiger partial charge in [0.2, 0.25) is 5.91 Å². The van der Waals surface area contributed by atoms with Gasteiger partial charge in [0.15, 0.2) is 0 Å². The monoisotopic (exact) mass is 288 g/mol. The van der Waals surface area contributed by atoms with Crippen LogP contribution < -0.4 is 10.2 Å². The lowest BCUT2D eigenvalue weighted by molar-refractivity contribution is -0.140. The van der Waals surface area contributed by atoms with Gasteiger partial charge >= 0.3 is 0 Å². The van der Waals surface area contributed by atoms with E-state index in [1.165, 1.54) is 5.69 Å². The van der Waals surface area contributed by atoms with E-state index in [4.69, 9.17) is 4.74 Å². The maximum absolute atomic E-state index is 12.0. The number of hydrogen-bond acceptors (Lipinski definition) is 5. The Labute approximate surface area is 124 Å². The van der Waals surface area contributed by atoms with Crippen LogP contribution in [-0.2, 0) is 9.53 Å². The maximum Gasteiger partial charge on any atom is 0.238 e. The Balaban J connectivity index is 1.44. The summed E-state index contributed by atoms with van der Waals surface area (Å²) in [6.45, 7) is 3.88. The highest BCUT2D eigenvalue weighted by Gasteiger charge is 2.49. The van der Waals surface area contributed by atoms with E-state index in [0.717, 1.165) is 39.0 Å². The Hall–Kier alpha value is -1.66. The summed E-state index contributed by atoms with van der Waals surface area (Å²) >= 11 is 0. The number of carbonyl (C=O) groups excluding carboxylic acids is 1.